The van der Waals surface area contributed by atoms with Crippen molar-refractivity contribution in [3.05, 3.63) is 59.4 Å². The first-order valence-corrected chi connectivity index (χ1v) is 9.54. The van der Waals surface area contributed by atoms with Gasteiger partial charge in [-0.2, -0.15) is 0 Å². The van der Waals surface area contributed by atoms with Crippen LogP contribution in [0, 0.1) is 0 Å². The van der Waals surface area contributed by atoms with Gasteiger partial charge in [-0.25, -0.2) is 0 Å². The fraction of sp³-hybridized carbons (Fsp3) is 0.545. The van der Waals surface area contributed by atoms with Crippen LogP contribution in [-0.2, 0) is 18.3 Å². The molecule has 24 heavy (non-hydrogen) atoms. The molecule has 2 heteroatoms. The van der Waals surface area contributed by atoms with Gasteiger partial charge in [-0.05, 0) is 48.9 Å². The summed E-state index contributed by atoms with van der Waals surface area (Å²) in [5.41, 5.74) is 4.61. The highest BCUT2D eigenvalue weighted by Gasteiger charge is 2.19. The van der Waals surface area contributed by atoms with Crippen LogP contribution in [0.3, 0.4) is 0 Å². The molecule has 2 N–H and O–H groups in total. The van der Waals surface area contributed by atoms with E-state index in [1.165, 1.54) is 48.8 Å². The summed E-state index contributed by atoms with van der Waals surface area (Å²) < 4.78 is 0. The summed E-state index contributed by atoms with van der Waals surface area (Å²) in [7, 11) is 0. The van der Waals surface area contributed by atoms with Gasteiger partial charge in [0.1, 0.15) is 0 Å². The Labute approximate surface area is 148 Å². The SMILES string of the molecule is CCc1c[nH]cc1CCCCCCNCC(C)(C)c1ccccc1. The molecule has 1 heterocycles. The third-order valence-electron chi connectivity index (χ3n) is 4.98. The lowest BCUT2D eigenvalue weighted by molar-refractivity contribution is 0.460. The first kappa shape index (κ1) is 18.8. The maximum Gasteiger partial charge on any atom is 0.00431 e. The zero-order valence-corrected chi connectivity index (χ0v) is 15.7. The highest BCUT2D eigenvalue weighted by Crippen LogP contribution is 2.21. The lowest BCUT2D eigenvalue weighted by Gasteiger charge is -2.25. The fourth-order valence-corrected chi connectivity index (χ4v) is 3.30. The van der Waals surface area contributed by atoms with Gasteiger partial charge >= 0.3 is 0 Å². The number of H-pyrrole nitrogens is 1. The highest BCUT2D eigenvalue weighted by molar-refractivity contribution is 5.24. The molecule has 0 saturated carbocycles. The van der Waals surface area contributed by atoms with Crippen molar-refractivity contribution in [1.29, 1.82) is 0 Å². The molecule has 0 aliphatic rings. The Balaban J connectivity index is 1.54. The molecule has 2 nitrogen and oxygen atoms in total. The molecule has 132 valence electrons. The van der Waals surface area contributed by atoms with Crippen LogP contribution in [0.2, 0.25) is 0 Å². The maximum absolute atomic E-state index is 3.64. The smallest absolute Gasteiger partial charge is 0.00431 e. The van der Waals surface area contributed by atoms with Crippen LogP contribution in [0.25, 0.3) is 0 Å². The Bertz CT molecular complexity index is 569. The number of hydrogen-bond donors (Lipinski definition) is 2. The molecule has 0 bridgehead atoms. The minimum absolute atomic E-state index is 0.200. The van der Waals surface area contributed by atoms with Crippen LogP contribution in [0.5, 0.6) is 0 Å². The number of rotatable bonds is 11. The van der Waals surface area contributed by atoms with E-state index in [9.17, 15) is 0 Å². The molecule has 0 spiro atoms. The van der Waals surface area contributed by atoms with Crippen molar-refractivity contribution in [2.24, 2.45) is 0 Å². The van der Waals surface area contributed by atoms with Gasteiger partial charge in [-0.3, -0.25) is 0 Å². The van der Waals surface area contributed by atoms with E-state index in [2.05, 4.69) is 73.8 Å². The van der Waals surface area contributed by atoms with E-state index in [0.29, 0.717) is 0 Å². The molecule has 0 fully saturated rings. The molecule has 1 aromatic heterocycles. The molecule has 0 unspecified atom stereocenters. The normalized spacial score (nSPS) is 11.8. The third kappa shape index (κ3) is 5.83. The summed E-state index contributed by atoms with van der Waals surface area (Å²) in [4.78, 5) is 3.24. The van der Waals surface area contributed by atoms with Crippen LogP contribution >= 0.6 is 0 Å². The topological polar surface area (TPSA) is 27.8 Å². The summed E-state index contributed by atoms with van der Waals surface area (Å²) in [5, 5.41) is 3.64. The number of aryl methyl sites for hydroxylation is 2. The number of benzene rings is 1. The lowest BCUT2D eigenvalue weighted by Crippen LogP contribution is -2.33. The number of aromatic nitrogens is 1. The van der Waals surface area contributed by atoms with Crippen molar-refractivity contribution >= 4 is 0 Å². The Morgan fingerprint density at radius 1 is 0.917 bits per heavy atom. The van der Waals surface area contributed by atoms with Crippen molar-refractivity contribution in [3.63, 3.8) is 0 Å². The number of nitrogens with one attached hydrogen (secondary N) is 2. The van der Waals surface area contributed by atoms with Crippen LogP contribution in [0.1, 0.15) is 63.1 Å². The predicted molar refractivity (Wildman–Crippen MR) is 105 cm³/mol. The van der Waals surface area contributed by atoms with Crippen LogP contribution < -0.4 is 5.32 Å². The Morgan fingerprint density at radius 3 is 2.38 bits per heavy atom. The molecule has 2 aromatic rings. The second-order valence-electron chi connectivity index (χ2n) is 7.45. The maximum atomic E-state index is 3.64. The van der Waals surface area contributed by atoms with Crippen molar-refractivity contribution < 1.29 is 0 Å². The van der Waals surface area contributed by atoms with E-state index in [1.54, 1.807) is 0 Å². The van der Waals surface area contributed by atoms with Crippen LogP contribution in [-0.4, -0.2) is 18.1 Å². The van der Waals surface area contributed by atoms with Gasteiger partial charge in [-0.15, -0.1) is 0 Å². The van der Waals surface area contributed by atoms with Gasteiger partial charge in [0.2, 0.25) is 0 Å². The van der Waals surface area contributed by atoms with E-state index >= 15 is 0 Å². The van der Waals surface area contributed by atoms with Crippen molar-refractivity contribution in [1.82, 2.24) is 10.3 Å². The third-order valence-corrected chi connectivity index (χ3v) is 4.98. The molecule has 0 radical (unpaired) electrons. The second kappa shape index (κ2) is 9.68. The summed E-state index contributed by atoms with van der Waals surface area (Å²) in [6.45, 7) is 9.03. The summed E-state index contributed by atoms with van der Waals surface area (Å²) >= 11 is 0. The Hall–Kier alpha value is -1.54. The minimum Gasteiger partial charge on any atom is -0.367 e. The molecule has 0 atom stereocenters. The first-order chi connectivity index (χ1) is 11.6. The fourth-order valence-electron chi connectivity index (χ4n) is 3.30. The summed E-state index contributed by atoms with van der Waals surface area (Å²) in [6.07, 6.45) is 11.9. The number of aromatic amines is 1. The zero-order valence-electron chi connectivity index (χ0n) is 15.7. The zero-order chi connectivity index (χ0) is 17.3. The van der Waals surface area contributed by atoms with Crippen molar-refractivity contribution in [2.45, 2.75) is 64.7 Å². The van der Waals surface area contributed by atoms with Crippen molar-refractivity contribution in [3.8, 4) is 0 Å². The molecule has 0 aliphatic carbocycles. The standard InChI is InChI=1S/C22H34N2/c1-4-19-16-24-17-20(19)12-8-5-6-11-15-23-18-22(2,3)21-13-9-7-10-14-21/h7,9-10,13-14,16-17,23-24H,4-6,8,11-12,15,18H2,1-3H3. The number of hydrogen-bond acceptors (Lipinski definition) is 1. The average Bonchev–Trinajstić information content (AvgIpc) is 3.05. The molecule has 1 aromatic carbocycles. The number of unbranched alkanes of at least 4 members (excludes halogenated alkanes) is 3. The molecule has 2 rings (SSSR count). The molecule has 0 amide bonds. The van der Waals surface area contributed by atoms with Gasteiger partial charge < -0.3 is 10.3 Å². The monoisotopic (exact) mass is 326 g/mol. The molecule has 0 saturated heterocycles. The van der Waals surface area contributed by atoms with Gasteiger partial charge in [0.15, 0.2) is 0 Å². The summed E-state index contributed by atoms with van der Waals surface area (Å²) in [6, 6.07) is 10.8. The van der Waals surface area contributed by atoms with Gasteiger partial charge in [0, 0.05) is 24.4 Å². The molecule has 0 aliphatic heterocycles. The largest absolute Gasteiger partial charge is 0.367 e. The van der Waals surface area contributed by atoms with E-state index in [0.717, 1.165) is 19.5 Å². The summed E-state index contributed by atoms with van der Waals surface area (Å²) in [5.74, 6) is 0. The quantitative estimate of drug-likeness (QED) is 0.542. The Kier molecular flexibility index (Phi) is 7.58. The van der Waals surface area contributed by atoms with Crippen molar-refractivity contribution in [2.75, 3.05) is 13.1 Å². The van der Waals surface area contributed by atoms with E-state index < -0.39 is 0 Å². The molecular weight excluding hydrogens is 292 g/mol. The van der Waals surface area contributed by atoms with E-state index in [4.69, 9.17) is 0 Å². The van der Waals surface area contributed by atoms with Crippen LogP contribution in [0.4, 0.5) is 0 Å². The molecular formula is C22H34N2. The predicted octanol–water partition coefficient (Wildman–Crippen LogP) is 5.25. The van der Waals surface area contributed by atoms with Gasteiger partial charge in [-0.1, -0.05) is 63.9 Å². The van der Waals surface area contributed by atoms with E-state index in [1.807, 2.05) is 0 Å². The van der Waals surface area contributed by atoms with Gasteiger partial charge in [0.25, 0.3) is 0 Å². The van der Waals surface area contributed by atoms with E-state index in [-0.39, 0.29) is 5.41 Å². The minimum atomic E-state index is 0.200. The highest BCUT2D eigenvalue weighted by atomic mass is 14.9. The second-order valence-corrected chi connectivity index (χ2v) is 7.45. The average molecular weight is 327 g/mol. The van der Waals surface area contributed by atoms with Gasteiger partial charge in [0.05, 0.1) is 0 Å². The van der Waals surface area contributed by atoms with Crippen LogP contribution in [0.15, 0.2) is 42.7 Å². The first-order valence-electron chi connectivity index (χ1n) is 9.54. The lowest BCUT2D eigenvalue weighted by atomic mass is 9.84. The Morgan fingerprint density at radius 2 is 1.62 bits per heavy atom.